The van der Waals surface area contributed by atoms with E-state index in [1.54, 1.807) is 11.8 Å². The van der Waals surface area contributed by atoms with Crippen molar-refractivity contribution < 1.29 is 18.7 Å². The Morgan fingerprint density at radius 2 is 1.93 bits per heavy atom. The van der Waals surface area contributed by atoms with Crippen molar-refractivity contribution in [3.05, 3.63) is 71.1 Å². The Morgan fingerprint density at radius 1 is 1.13 bits per heavy atom. The summed E-state index contributed by atoms with van der Waals surface area (Å²) in [5.74, 6) is 3.24. The summed E-state index contributed by atoms with van der Waals surface area (Å²) in [4.78, 5) is 16.0. The molecule has 0 atom stereocenters. The van der Waals surface area contributed by atoms with Crippen LogP contribution in [0.3, 0.4) is 0 Å². The lowest BCUT2D eigenvalue weighted by Gasteiger charge is -2.14. The molecule has 0 aliphatic heterocycles. The van der Waals surface area contributed by atoms with Crippen molar-refractivity contribution >= 4 is 17.7 Å². The van der Waals surface area contributed by atoms with E-state index in [1.807, 2.05) is 49.4 Å². The molecule has 3 aromatic rings. The number of benzene rings is 2. The maximum atomic E-state index is 11.3. The molecule has 158 valence electrons. The van der Waals surface area contributed by atoms with E-state index in [9.17, 15) is 4.79 Å². The molecule has 0 saturated heterocycles. The van der Waals surface area contributed by atoms with Crippen molar-refractivity contribution in [2.24, 2.45) is 0 Å². The minimum Gasteiger partial charge on any atom is -0.493 e. The highest BCUT2D eigenvalue weighted by Crippen LogP contribution is 2.27. The number of methoxy groups -OCH3 is 1. The van der Waals surface area contributed by atoms with Gasteiger partial charge < -0.3 is 13.9 Å². The standard InChI is InChI=1S/C24H27NO4S/c1-4-20-19(15-30-16-23(26)27-3)11-8-12-22(20)28-14-13-21-17(2)29-24(25-21)18-9-6-5-7-10-18/h5-12H,4,13-16H2,1-3H3. The number of nitrogens with zero attached hydrogens (tertiary/aromatic N) is 1. The fourth-order valence-corrected chi connectivity index (χ4v) is 4.08. The van der Waals surface area contributed by atoms with E-state index in [-0.39, 0.29) is 5.97 Å². The first-order valence-corrected chi connectivity index (χ1v) is 11.2. The minimum atomic E-state index is -0.205. The molecule has 0 spiro atoms. The number of hydrogen-bond acceptors (Lipinski definition) is 6. The Bertz CT molecular complexity index is 969. The summed E-state index contributed by atoms with van der Waals surface area (Å²) in [6.45, 7) is 4.57. The second-order valence-electron chi connectivity index (χ2n) is 6.80. The zero-order valence-corrected chi connectivity index (χ0v) is 18.5. The Labute approximate surface area is 181 Å². The summed E-state index contributed by atoms with van der Waals surface area (Å²) >= 11 is 1.55. The summed E-state index contributed by atoms with van der Waals surface area (Å²) < 4.78 is 16.6. The summed E-state index contributed by atoms with van der Waals surface area (Å²) in [5, 5.41) is 0. The molecular weight excluding hydrogens is 398 g/mol. The second kappa shape index (κ2) is 10.9. The van der Waals surface area contributed by atoms with Crippen LogP contribution in [0.5, 0.6) is 5.75 Å². The molecule has 30 heavy (non-hydrogen) atoms. The molecule has 3 rings (SSSR count). The number of hydrogen-bond donors (Lipinski definition) is 0. The molecule has 0 unspecified atom stereocenters. The van der Waals surface area contributed by atoms with Gasteiger partial charge >= 0.3 is 5.97 Å². The molecule has 1 aromatic heterocycles. The molecule has 0 N–H and O–H groups in total. The molecule has 2 aromatic carbocycles. The molecule has 0 amide bonds. The van der Waals surface area contributed by atoms with Crippen LogP contribution in [-0.4, -0.2) is 30.4 Å². The van der Waals surface area contributed by atoms with Crippen LogP contribution >= 0.6 is 11.8 Å². The average Bonchev–Trinajstić information content (AvgIpc) is 3.15. The third-order valence-corrected chi connectivity index (χ3v) is 5.75. The molecule has 0 radical (unpaired) electrons. The number of carbonyl (C=O) groups excluding carboxylic acids is 1. The van der Waals surface area contributed by atoms with Gasteiger partial charge in [-0.25, -0.2) is 4.98 Å². The molecule has 0 aliphatic rings. The Morgan fingerprint density at radius 3 is 2.67 bits per heavy atom. The maximum Gasteiger partial charge on any atom is 0.315 e. The number of carbonyl (C=O) groups is 1. The average molecular weight is 426 g/mol. The maximum absolute atomic E-state index is 11.3. The molecule has 0 aliphatic carbocycles. The largest absolute Gasteiger partial charge is 0.493 e. The van der Waals surface area contributed by atoms with Crippen LogP contribution in [0.15, 0.2) is 52.9 Å². The van der Waals surface area contributed by atoms with Crippen LogP contribution < -0.4 is 4.74 Å². The van der Waals surface area contributed by atoms with Crippen molar-refractivity contribution in [3.8, 4) is 17.2 Å². The molecule has 0 bridgehead atoms. The SMILES string of the molecule is CCc1c(CSCC(=O)OC)cccc1OCCc1nc(-c2ccccc2)oc1C. The first kappa shape index (κ1) is 22.0. The monoisotopic (exact) mass is 425 g/mol. The van der Waals surface area contributed by atoms with Crippen LogP contribution in [0.4, 0.5) is 0 Å². The van der Waals surface area contributed by atoms with E-state index in [0.717, 1.165) is 34.9 Å². The summed E-state index contributed by atoms with van der Waals surface area (Å²) in [5.41, 5.74) is 4.25. The Kier molecular flexibility index (Phi) is 7.97. The van der Waals surface area contributed by atoms with Gasteiger partial charge in [-0.2, -0.15) is 0 Å². The van der Waals surface area contributed by atoms with Crippen LogP contribution in [0, 0.1) is 6.92 Å². The number of ether oxygens (including phenoxy) is 2. The van der Waals surface area contributed by atoms with Gasteiger partial charge in [-0.15, -0.1) is 11.8 Å². The molecule has 0 fully saturated rings. The summed E-state index contributed by atoms with van der Waals surface area (Å²) in [7, 11) is 1.41. The van der Waals surface area contributed by atoms with Crippen LogP contribution in [-0.2, 0) is 28.1 Å². The first-order chi connectivity index (χ1) is 14.6. The number of aromatic nitrogens is 1. The number of thioether (sulfide) groups is 1. The zero-order valence-electron chi connectivity index (χ0n) is 17.6. The van der Waals surface area contributed by atoms with Crippen LogP contribution in [0.1, 0.15) is 29.5 Å². The topological polar surface area (TPSA) is 61.6 Å². The smallest absolute Gasteiger partial charge is 0.315 e. The molecule has 5 nitrogen and oxygen atoms in total. The van der Waals surface area contributed by atoms with Gasteiger partial charge in [0.05, 0.1) is 25.2 Å². The highest BCUT2D eigenvalue weighted by Gasteiger charge is 2.13. The lowest BCUT2D eigenvalue weighted by molar-refractivity contribution is -0.137. The van der Waals surface area contributed by atoms with Crippen molar-refractivity contribution in [1.82, 2.24) is 4.98 Å². The van der Waals surface area contributed by atoms with Gasteiger partial charge in [0.1, 0.15) is 11.5 Å². The number of esters is 1. The lowest BCUT2D eigenvalue weighted by atomic mass is 10.1. The first-order valence-electron chi connectivity index (χ1n) is 10.0. The predicted molar refractivity (Wildman–Crippen MR) is 120 cm³/mol. The van der Waals surface area contributed by atoms with Crippen molar-refractivity contribution in [1.29, 1.82) is 0 Å². The third-order valence-electron chi connectivity index (χ3n) is 4.80. The fraction of sp³-hybridized carbons (Fsp3) is 0.333. The van der Waals surface area contributed by atoms with Gasteiger partial charge in [-0.05, 0) is 42.7 Å². The van der Waals surface area contributed by atoms with E-state index in [0.29, 0.717) is 24.7 Å². The van der Waals surface area contributed by atoms with Gasteiger partial charge in [0.25, 0.3) is 0 Å². The lowest BCUT2D eigenvalue weighted by Crippen LogP contribution is -2.06. The molecule has 1 heterocycles. The van der Waals surface area contributed by atoms with Crippen molar-refractivity contribution in [2.45, 2.75) is 32.4 Å². The number of oxazole rings is 1. The van der Waals surface area contributed by atoms with E-state index >= 15 is 0 Å². The third kappa shape index (κ3) is 5.66. The van der Waals surface area contributed by atoms with Gasteiger partial charge in [0, 0.05) is 17.7 Å². The van der Waals surface area contributed by atoms with Crippen molar-refractivity contribution in [3.63, 3.8) is 0 Å². The molecular formula is C24H27NO4S. The fourth-order valence-electron chi connectivity index (χ4n) is 3.21. The predicted octanol–water partition coefficient (Wildman–Crippen LogP) is 5.24. The second-order valence-corrected chi connectivity index (χ2v) is 7.79. The molecule has 6 heteroatoms. The minimum absolute atomic E-state index is 0.205. The normalized spacial score (nSPS) is 10.8. The highest BCUT2D eigenvalue weighted by molar-refractivity contribution is 7.99. The van der Waals surface area contributed by atoms with E-state index < -0.39 is 0 Å². The van der Waals surface area contributed by atoms with Gasteiger partial charge in [0.2, 0.25) is 5.89 Å². The Balaban J connectivity index is 1.61. The van der Waals surface area contributed by atoms with E-state index in [1.165, 1.54) is 18.2 Å². The molecule has 0 saturated carbocycles. The van der Waals surface area contributed by atoms with Gasteiger partial charge in [-0.1, -0.05) is 37.3 Å². The quantitative estimate of drug-likeness (QED) is 0.414. The highest BCUT2D eigenvalue weighted by atomic mass is 32.2. The van der Waals surface area contributed by atoms with E-state index in [4.69, 9.17) is 13.9 Å². The van der Waals surface area contributed by atoms with Crippen molar-refractivity contribution in [2.75, 3.05) is 19.5 Å². The van der Waals surface area contributed by atoms with E-state index in [2.05, 4.69) is 18.0 Å². The summed E-state index contributed by atoms with van der Waals surface area (Å²) in [6.07, 6.45) is 1.54. The van der Waals surface area contributed by atoms with Crippen LogP contribution in [0.2, 0.25) is 0 Å². The summed E-state index contributed by atoms with van der Waals surface area (Å²) in [6, 6.07) is 16.0. The number of aryl methyl sites for hydroxylation is 1. The number of rotatable bonds is 10. The van der Waals surface area contributed by atoms with Crippen LogP contribution in [0.25, 0.3) is 11.5 Å². The zero-order chi connectivity index (χ0) is 21.3. The van der Waals surface area contributed by atoms with Gasteiger partial charge in [0.15, 0.2) is 0 Å². The van der Waals surface area contributed by atoms with Gasteiger partial charge in [-0.3, -0.25) is 4.79 Å². The Hall–Kier alpha value is -2.73.